The smallest absolute Gasteiger partial charge is 0.407 e. The van der Waals surface area contributed by atoms with Crippen LogP contribution in [0.4, 0.5) is 10.7 Å². The molecule has 3 aromatic rings. The topological polar surface area (TPSA) is 140 Å². The zero-order valence-corrected chi connectivity index (χ0v) is 24.0. The van der Waals surface area contributed by atoms with Gasteiger partial charge in [0.25, 0.3) is 5.56 Å². The van der Waals surface area contributed by atoms with Crippen LogP contribution in [0, 0.1) is 23.3 Å². The zero-order chi connectivity index (χ0) is 29.7. The number of hydrogen-bond donors (Lipinski definition) is 1. The SMILES string of the molecule is CC#CCn1c(N2CCCC(NC(=O)OC(C)(C)C)C2)nc2c1c(=O)n(C/C(=N/C#N)c1ccccc1)c(=O)n2C. The maximum absolute atomic E-state index is 13.9. The molecule has 1 aliphatic heterocycles. The fourth-order valence-corrected chi connectivity index (χ4v) is 4.83. The molecule has 1 saturated heterocycles. The second-order valence-corrected chi connectivity index (χ2v) is 10.8. The monoisotopic (exact) mass is 558 g/mol. The average molecular weight is 559 g/mol. The summed E-state index contributed by atoms with van der Waals surface area (Å²) in [5.74, 6) is 6.36. The standard InChI is InChI=1S/C29H34N8O4/c1-6-7-16-36-23-24(33-26(36)35-15-11-14-21(17-35)32-27(39)41-29(2,3)4)34(5)28(40)37(25(23)38)18-22(31-19-30)20-12-9-8-10-13-20/h8-10,12-13,21H,11,14-18H2,1-5H3,(H,32,39)/b31-22-. The van der Waals surface area contributed by atoms with Gasteiger partial charge in [-0.25, -0.2) is 9.59 Å². The van der Waals surface area contributed by atoms with Crippen LogP contribution in [-0.2, 0) is 24.9 Å². The molecule has 2 aromatic heterocycles. The van der Waals surface area contributed by atoms with Crippen molar-refractivity contribution in [1.29, 1.82) is 5.26 Å². The number of hydrogen-bond acceptors (Lipinski definition) is 8. The highest BCUT2D eigenvalue weighted by Gasteiger charge is 2.29. The summed E-state index contributed by atoms with van der Waals surface area (Å²) in [6.45, 7) is 8.20. The number of aryl methyl sites for hydroxylation is 1. The Morgan fingerprint density at radius 2 is 1.95 bits per heavy atom. The van der Waals surface area contributed by atoms with Crippen molar-refractivity contribution in [2.45, 2.75) is 65.3 Å². The van der Waals surface area contributed by atoms with Crippen molar-refractivity contribution < 1.29 is 9.53 Å². The fraction of sp³-hybridized carbons (Fsp3) is 0.448. The minimum Gasteiger partial charge on any atom is -0.444 e. The number of nitrogens with zero attached hydrogens (tertiary/aromatic N) is 7. The van der Waals surface area contributed by atoms with E-state index in [2.05, 4.69) is 22.2 Å². The molecule has 1 N–H and O–H groups in total. The van der Waals surface area contributed by atoms with Gasteiger partial charge >= 0.3 is 11.8 Å². The largest absolute Gasteiger partial charge is 0.444 e. The molecule has 0 bridgehead atoms. The Balaban J connectivity index is 1.78. The lowest BCUT2D eigenvalue weighted by atomic mass is 10.1. The summed E-state index contributed by atoms with van der Waals surface area (Å²) >= 11 is 0. The van der Waals surface area contributed by atoms with Crippen molar-refractivity contribution in [3.63, 3.8) is 0 Å². The van der Waals surface area contributed by atoms with Gasteiger partial charge < -0.3 is 15.0 Å². The molecule has 4 rings (SSSR count). The molecule has 214 valence electrons. The quantitative estimate of drug-likeness (QED) is 0.278. The van der Waals surface area contributed by atoms with Crippen molar-refractivity contribution in [3.8, 4) is 18.0 Å². The van der Waals surface area contributed by atoms with Crippen LogP contribution in [0.2, 0.25) is 0 Å². The number of piperidine rings is 1. The molecule has 1 amide bonds. The Hall–Kier alpha value is -4.84. The summed E-state index contributed by atoms with van der Waals surface area (Å²) in [5.41, 5.74) is -0.383. The molecule has 1 unspecified atom stereocenters. The Morgan fingerprint density at radius 3 is 2.61 bits per heavy atom. The van der Waals surface area contributed by atoms with Crippen molar-refractivity contribution >= 4 is 28.9 Å². The number of rotatable bonds is 6. The maximum Gasteiger partial charge on any atom is 0.407 e. The molecule has 1 aliphatic rings. The minimum atomic E-state index is -0.617. The van der Waals surface area contributed by atoms with E-state index in [9.17, 15) is 19.6 Å². The van der Waals surface area contributed by atoms with Crippen molar-refractivity contribution in [2.75, 3.05) is 18.0 Å². The molecule has 41 heavy (non-hydrogen) atoms. The number of carbonyl (C=O) groups excluding carboxylic acids is 1. The second-order valence-electron chi connectivity index (χ2n) is 10.8. The van der Waals surface area contributed by atoms with E-state index >= 15 is 0 Å². The van der Waals surface area contributed by atoms with Gasteiger partial charge in [-0.1, -0.05) is 36.3 Å². The molecule has 12 heteroatoms. The van der Waals surface area contributed by atoms with Crippen LogP contribution in [0.5, 0.6) is 0 Å². The van der Waals surface area contributed by atoms with E-state index in [1.54, 1.807) is 49.0 Å². The molecule has 0 aliphatic carbocycles. The first-order chi connectivity index (χ1) is 19.5. The first kappa shape index (κ1) is 29.2. The van der Waals surface area contributed by atoms with Crippen LogP contribution in [0.1, 0.15) is 46.1 Å². The number of aliphatic imine (C=N–C) groups is 1. The average Bonchev–Trinajstić information content (AvgIpc) is 3.31. The highest BCUT2D eigenvalue weighted by atomic mass is 16.6. The predicted molar refractivity (Wildman–Crippen MR) is 156 cm³/mol. The highest BCUT2D eigenvalue weighted by molar-refractivity contribution is 6.01. The second kappa shape index (κ2) is 12.1. The van der Waals surface area contributed by atoms with Crippen LogP contribution in [-0.4, -0.2) is 55.2 Å². The summed E-state index contributed by atoms with van der Waals surface area (Å²) in [6.07, 6.45) is 2.82. The summed E-state index contributed by atoms with van der Waals surface area (Å²) in [4.78, 5) is 50.4. The minimum absolute atomic E-state index is 0.175. The number of carbonyl (C=O) groups is 1. The predicted octanol–water partition coefficient (Wildman–Crippen LogP) is 2.38. The molecule has 1 aromatic carbocycles. The van der Waals surface area contributed by atoms with Crippen LogP contribution < -0.4 is 21.5 Å². The first-order valence-electron chi connectivity index (χ1n) is 13.4. The van der Waals surface area contributed by atoms with E-state index in [4.69, 9.17) is 9.72 Å². The number of aromatic nitrogens is 4. The van der Waals surface area contributed by atoms with Gasteiger partial charge in [0.05, 0.1) is 18.8 Å². The van der Waals surface area contributed by atoms with Crippen LogP contribution in [0.15, 0.2) is 44.9 Å². The van der Waals surface area contributed by atoms with E-state index < -0.39 is 22.9 Å². The van der Waals surface area contributed by atoms with Gasteiger partial charge in [0.2, 0.25) is 12.1 Å². The molecule has 1 atom stereocenters. The third kappa shape index (κ3) is 6.49. The number of alkyl carbamates (subject to hydrolysis) is 1. The van der Waals surface area contributed by atoms with Gasteiger partial charge in [0.1, 0.15) is 5.60 Å². The summed E-state index contributed by atoms with van der Waals surface area (Å²) in [6, 6.07) is 8.75. The Morgan fingerprint density at radius 1 is 1.22 bits per heavy atom. The van der Waals surface area contributed by atoms with Crippen LogP contribution >= 0.6 is 0 Å². The maximum atomic E-state index is 13.9. The van der Waals surface area contributed by atoms with Gasteiger partial charge in [0, 0.05) is 26.2 Å². The molecular formula is C29H34N8O4. The van der Waals surface area contributed by atoms with Crippen molar-refractivity contribution in [1.82, 2.24) is 24.0 Å². The van der Waals surface area contributed by atoms with Gasteiger partial charge in [-0.2, -0.15) is 15.2 Å². The lowest BCUT2D eigenvalue weighted by Crippen LogP contribution is -2.49. The van der Waals surface area contributed by atoms with Gasteiger partial charge in [-0.3, -0.25) is 18.5 Å². The first-order valence-corrected chi connectivity index (χ1v) is 13.4. The van der Waals surface area contributed by atoms with E-state index in [0.717, 1.165) is 17.4 Å². The number of imidazole rings is 1. The number of nitriles is 1. The number of ether oxygens (including phenoxy) is 1. The zero-order valence-electron chi connectivity index (χ0n) is 24.0. The van der Waals surface area contributed by atoms with Gasteiger partial charge in [0.15, 0.2) is 11.2 Å². The number of anilines is 1. The van der Waals surface area contributed by atoms with Crippen molar-refractivity contribution in [2.24, 2.45) is 12.0 Å². The highest BCUT2D eigenvalue weighted by Crippen LogP contribution is 2.23. The van der Waals surface area contributed by atoms with Crippen LogP contribution in [0.3, 0.4) is 0 Å². The summed E-state index contributed by atoms with van der Waals surface area (Å²) < 4.78 is 9.53. The number of nitrogens with one attached hydrogen (secondary N) is 1. The van der Waals surface area contributed by atoms with E-state index in [0.29, 0.717) is 30.3 Å². The Bertz CT molecular complexity index is 1690. The molecule has 3 heterocycles. The lowest BCUT2D eigenvalue weighted by Gasteiger charge is -2.34. The van der Waals surface area contributed by atoms with Crippen LogP contribution in [0.25, 0.3) is 11.2 Å². The third-order valence-corrected chi connectivity index (χ3v) is 6.65. The van der Waals surface area contributed by atoms with E-state index in [1.807, 2.05) is 31.7 Å². The summed E-state index contributed by atoms with van der Waals surface area (Å²) in [7, 11) is 1.56. The Labute approximate surface area is 237 Å². The molecule has 0 spiro atoms. The number of benzene rings is 1. The molecule has 1 fully saturated rings. The van der Waals surface area contributed by atoms with Gasteiger partial charge in [-0.15, -0.1) is 5.92 Å². The van der Waals surface area contributed by atoms with Gasteiger partial charge in [-0.05, 0) is 46.1 Å². The third-order valence-electron chi connectivity index (χ3n) is 6.65. The molecular weight excluding hydrogens is 524 g/mol. The normalized spacial score (nSPS) is 15.7. The van der Waals surface area contributed by atoms with E-state index in [-0.39, 0.29) is 30.3 Å². The van der Waals surface area contributed by atoms with Crippen molar-refractivity contribution in [3.05, 3.63) is 56.7 Å². The molecule has 12 nitrogen and oxygen atoms in total. The molecule has 0 radical (unpaired) electrons. The number of amides is 1. The lowest BCUT2D eigenvalue weighted by molar-refractivity contribution is 0.0499. The number of fused-ring (bicyclic) bond motifs is 1. The summed E-state index contributed by atoms with van der Waals surface area (Å²) in [5, 5.41) is 12.2. The Kier molecular flexibility index (Phi) is 8.62. The van der Waals surface area contributed by atoms with E-state index in [1.165, 1.54) is 4.57 Å². The fourth-order valence-electron chi connectivity index (χ4n) is 4.83. The molecule has 0 saturated carbocycles.